The number of hydrogen-bond donors (Lipinski definition) is 2. The van der Waals surface area contributed by atoms with E-state index in [4.69, 9.17) is 0 Å². The monoisotopic (exact) mass is 405 g/mol. The molecular weight excluding hydrogens is 374 g/mol. The van der Waals surface area contributed by atoms with E-state index in [2.05, 4.69) is 27.9 Å². The molecule has 0 aromatic heterocycles. The lowest BCUT2D eigenvalue weighted by Gasteiger charge is -2.30. The molecule has 1 heterocycles. The zero-order chi connectivity index (χ0) is 19.7. The van der Waals surface area contributed by atoms with Gasteiger partial charge in [0.25, 0.3) is 0 Å². The van der Waals surface area contributed by atoms with Crippen LogP contribution in [0.3, 0.4) is 0 Å². The van der Waals surface area contributed by atoms with Gasteiger partial charge in [-0.3, -0.25) is 0 Å². The molecule has 1 saturated heterocycles. The van der Waals surface area contributed by atoms with Gasteiger partial charge in [-0.2, -0.15) is 0 Å². The molecule has 1 aliphatic heterocycles. The van der Waals surface area contributed by atoms with Crippen molar-refractivity contribution in [1.82, 2.24) is 9.62 Å². The van der Waals surface area contributed by atoms with Gasteiger partial charge in [0, 0.05) is 5.69 Å². The lowest BCUT2D eigenvalue weighted by molar-refractivity contribution is 0.202. The summed E-state index contributed by atoms with van der Waals surface area (Å²) in [4.78, 5) is 14.9. The number of benzene rings is 1. The molecule has 7 heteroatoms. The van der Waals surface area contributed by atoms with Crippen LogP contribution in [0.5, 0.6) is 0 Å². The van der Waals surface area contributed by atoms with Gasteiger partial charge in [0.15, 0.2) is 0 Å². The van der Waals surface area contributed by atoms with Crippen LogP contribution in [0.25, 0.3) is 0 Å². The van der Waals surface area contributed by atoms with Gasteiger partial charge in [-0.1, -0.05) is 13.0 Å². The van der Waals surface area contributed by atoms with Crippen LogP contribution >= 0.6 is 0 Å². The number of hydrogen-bond acceptors (Lipinski definition) is 4. The van der Waals surface area contributed by atoms with Gasteiger partial charge in [0.05, 0.1) is 5.75 Å². The minimum atomic E-state index is -3.63. The molecule has 2 N–H and O–H groups in total. The molecule has 0 bridgehead atoms. The van der Waals surface area contributed by atoms with Crippen LogP contribution in [0.1, 0.15) is 54.9 Å². The Hall–Kier alpha value is -1.60. The molecule has 28 heavy (non-hydrogen) atoms. The predicted molar refractivity (Wildman–Crippen MR) is 111 cm³/mol. The van der Waals surface area contributed by atoms with Gasteiger partial charge >= 0.3 is 6.03 Å². The number of sulfonamides is 1. The molecule has 0 spiro atoms. The van der Waals surface area contributed by atoms with Crippen molar-refractivity contribution in [1.29, 1.82) is 0 Å². The highest BCUT2D eigenvalue weighted by Gasteiger charge is 2.28. The second kappa shape index (κ2) is 8.03. The first-order valence-electron chi connectivity index (χ1n) is 10.7. The van der Waals surface area contributed by atoms with E-state index in [0.29, 0.717) is 0 Å². The van der Waals surface area contributed by atoms with Gasteiger partial charge in [-0.05, 0) is 99.2 Å². The maximum Gasteiger partial charge on any atom is 0.332 e. The van der Waals surface area contributed by atoms with Crippen molar-refractivity contribution in [2.45, 2.75) is 58.3 Å². The minimum absolute atomic E-state index is 0.0307. The van der Waals surface area contributed by atoms with Crippen molar-refractivity contribution in [2.24, 2.45) is 5.92 Å². The molecule has 2 amide bonds. The Morgan fingerprint density at radius 1 is 1.07 bits per heavy atom. The summed E-state index contributed by atoms with van der Waals surface area (Å²) in [6.07, 6.45) is 7.96. The molecule has 2 aliphatic carbocycles. The molecule has 4 rings (SSSR count). The Bertz CT molecular complexity index is 826. The highest BCUT2D eigenvalue weighted by molar-refractivity contribution is 7.90. The van der Waals surface area contributed by atoms with E-state index in [9.17, 15) is 13.2 Å². The largest absolute Gasteiger partial charge is 0.332 e. The summed E-state index contributed by atoms with van der Waals surface area (Å²) in [5.74, 6) is 0.154. The summed E-state index contributed by atoms with van der Waals surface area (Å²) >= 11 is 0. The molecule has 0 atom stereocenters. The van der Waals surface area contributed by atoms with Crippen LogP contribution in [0.4, 0.5) is 10.5 Å². The third-order valence-electron chi connectivity index (χ3n) is 6.57. The number of aryl methyl sites for hydroxylation is 2. The molecule has 1 aromatic rings. The van der Waals surface area contributed by atoms with E-state index in [1.54, 1.807) is 0 Å². The number of nitrogens with zero attached hydrogens (tertiary/aromatic N) is 1. The maximum atomic E-state index is 12.6. The van der Waals surface area contributed by atoms with Crippen molar-refractivity contribution < 1.29 is 13.2 Å². The second-order valence-electron chi connectivity index (χ2n) is 8.45. The maximum absolute atomic E-state index is 12.6. The average molecular weight is 406 g/mol. The number of anilines is 1. The van der Waals surface area contributed by atoms with Crippen LogP contribution in [0.15, 0.2) is 6.07 Å². The van der Waals surface area contributed by atoms with Crippen molar-refractivity contribution >= 4 is 21.7 Å². The van der Waals surface area contributed by atoms with Crippen LogP contribution in [0, 0.1) is 5.92 Å². The van der Waals surface area contributed by atoms with Crippen LogP contribution < -0.4 is 10.0 Å². The summed E-state index contributed by atoms with van der Waals surface area (Å²) in [7, 11) is -3.63. The van der Waals surface area contributed by atoms with Gasteiger partial charge in [-0.25, -0.2) is 17.9 Å². The van der Waals surface area contributed by atoms with Gasteiger partial charge < -0.3 is 10.2 Å². The Balaban J connectivity index is 1.41. The molecule has 0 unspecified atom stereocenters. The first kappa shape index (κ1) is 19.7. The van der Waals surface area contributed by atoms with E-state index < -0.39 is 16.1 Å². The summed E-state index contributed by atoms with van der Waals surface area (Å²) < 4.78 is 27.3. The van der Waals surface area contributed by atoms with E-state index in [1.165, 1.54) is 22.3 Å². The second-order valence-corrected chi connectivity index (χ2v) is 10.2. The zero-order valence-corrected chi connectivity index (χ0v) is 17.5. The van der Waals surface area contributed by atoms with Crippen LogP contribution in [-0.2, 0) is 35.7 Å². The number of amides is 2. The topological polar surface area (TPSA) is 78.5 Å². The molecular formula is C21H31N3O3S. The van der Waals surface area contributed by atoms with E-state index in [0.717, 1.165) is 76.7 Å². The van der Waals surface area contributed by atoms with Gasteiger partial charge in [0.2, 0.25) is 10.0 Å². The zero-order valence-electron chi connectivity index (χ0n) is 16.7. The first-order valence-corrected chi connectivity index (χ1v) is 12.3. The molecule has 3 aliphatic rings. The molecule has 1 fully saturated rings. The summed E-state index contributed by atoms with van der Waals surface area (Å²) in [6.45, 7) is 5.00. The summed E-state index contributed by atoms with van der Waals surface area (Å²) in [5.41, 5.74) is 5.94. The van der Waals surface area contributed by atoms with Gasteiger partial charge in [0.1, 0.15) is 0 Å². The Labute approximate surface area is 168 Å². The number of carbonyl (C=O) groups is 1. The summed E-state index contributed by atoms with van der Waals surface area (Å²) in [5, 5.41) is 2.91. The van der Waals surface area contributed by atoms with Crippen molar-refractivity contribution in [3.8, 4) is 0 Å². The van der Waals surface area contributed by atoms with Gasteiger partial charge in [-0.15, -0.1) is 0 Å². The fourth-order valence-corrected chi connectivity index (χ4v) is 6.44. The number of likely N-dealkylation sites (tertiary alicyclic amines) is 1. The molecule has 1 aromatic carbocycles. The van der Waals surface area contributed by atoms with E-state index >= 15 is 0 Å². The van der Waals surface area contributed by atoms with Crippen molar-refractivity contribution in [2.75, 3.05) is 30.7 Å². The molecule has 154 valence electrons. The number of urea groups is 1. The first-order chi connectivity index (χ1) is 13.4. The quantitative estimate of drug-likeness (QED) is 0.790. The predicted octanol–water partition coefficient (Wildman–Crippen LogP) is 2.85. The SMILES string of the molecule is CCN1CCC(CS(=O)(=O)NC(=O)Nc2c3c(cc4c2CCC4)CCC3)CC1. The van der Waals surface area contributed by atoms with Crippen molar-refractivity contribution in [3.63, 3.8) is 0 Å². The summed E-state index contributed by atoms with van der Waals surface area (Å²) in [6, 6.07) is 1.69. The number of piperidine rings is 1. The lowest BCUT2D eigenvalue weighted by Crippen LogP contribution is -2.41. The third-order valence-corrected chi connectivity index (χ3v) is 7.98. The number of nitrogens with one attached hydrogen (secondary N) is 2. The molecule has 6 nitrogen and oxygen atoms in total. The third kappa shape index (κ3) is 4.20. The molecule has 0 saturated carbocycles. The Kier molecular flexibility index (Phi) is 5.65. The standard InChI is InChI=1S/C21H31N3O3S/c1-2-24-11-9-15(10-12-24)14-28(26,27)23-21(25)22-20-18-7-3-5-16(18)13-17-6-4-8-19(17)20/h13,15H,2-12,14H2,1H3,(H2,22,23,25). The number of rotatable bonds is 5. The minimum Gasteiger partial charge on any atom is -0.307 e. The lowest BCUT2D eigenvalue weighted by atomic mass is 9.99. The molecule has 0 radical (unpaired) electrons. The average Bonchev–Trinajstić information content (AvgIpc) is 3.30. The van der Waals surface area contributed by atoms with E-state index in [-0.39, 0.29) is 11.7 Å². The normalized spacial score (nSPS) is 20.0. The highest BCUT2D eigenvalue weighted by Crippen LogP contribution is 2.38. The fraction of sp³-hybridized carbons (Fsp3) is 0.667. The Morgan fingerprint density at radius 3 is 2.25 bits per heavy atom. The van der Waals surface area contributed by atoms with Crippen molar-refractivity contribution in [3.05, 3.63) is 28.3 Å². The fourth-order valence-electron chi connectivity index (χ4n) is 5.07. The van der Waals surface area contributed by atoms with Crippen LogP contribution in [0.2, 0.25) is 0 Å². The van der Waals surface area contributed by atoms with Crippen LogP contribution in [-0.4, -0.2) is 44.7 Å². The smallest absolute Gasteiger partial charge is 0.307 e. The Morgan fingerprint density at radius 2 is 1.68 bits per heavy atom. The highest BCUT2D eigenvalue weighted by atomic mass is 32.2. The number of carbonyl (C=O) groups excluding carboxylic acids is 1. The van der Waals surface area contributed by atoms with E-state index in [1.807, 2.05) is 0 Å². The number of fused-ring (bicyclic) bond motifs is 2.